The van der Waals surface area contributed by atoms with Crippen molar-refractivity contribution in [2.75, 3.05) is 6.26 Å². The number of hydrogen-bond donors (Lipinski definition) is 1. The molecule has 2 unspecified atom stereocenters. The maximum absolute atomic E-state index is 5.73. The van der Waals surface area contributed by atoms with Crippen LogP contribution in [-0.4, -0.2) is 31.7 Å². The fraction of sp³-hybridized carbons (Fsp3) is 0.875. The first-order valence-corrected chi connectivity index (χ1v) is 5.98. The Kier molecular flexibility index (Phi) is 4.34. The van der Waals surface area contributed by atoms with E-state index in [0.717, 1.165) is 18.8 Å². The molecule has 0 saturated heterocycles. The van der Waals surface area contributed by atoms with Crippen molar-refractivity contribution in [2.24, 2.45) is 5.73 Å². The van der Waals surface area contributed by atoms with Crippen molar-refractivity contribution in [1.82, 2.24) is 20.2 Å². The van der Waals surface area contributed by atoms with Crippen molar-refractivity contribution in [2.45, 2.75) is 38.1 Å². The van der Waals surface area contributed by atoms with Crippen LogP contribution in [0, 0.1) is 0 Å². The van der Waals surface area contributed by atoms with Crippen molar-refractivity contribution in [1.29, 1.82) is 0 Å². The molecule has 2 atom stereocenters. The molecule has 5 nitrogen and oxygen atoms in total. The number of nitrogens with zero attached hydrogens (tertiary/aromatic N) is 4. The number of rotatable bonds is 5. The van der Waals surface area contributed by atoms with Gasteiger partial charge in [-0.3, -0.25) is 0 Å². The van der Waals surface area contributed by atoms with Crippen LogP contribution in [-0.2, 0) is 6.54 Å². The molecule has 80 valence electrons. The summed E-state index contributed by atoms with van der Waals surface area (Å²) in [5.41, 5.74) is 5.73. The Hall–Kier alpha value is -0.620. The lowest BCUT2D eigenvalue weighted by Gasteiger charge is -2.09. The highest BCUT2D eigenvalue weighted by atomic mass is 32.2. The highest BCUT2D eigenvalue weighted by Gasteiger charge is 2.10. The summed E-state index contributed by atoms with van der Waals surface area (Å²) in [4.78, 5) is 0. The van der Waals surface area contributed by atoms with Crippen molar-refractivity contribution in [3.05, 3.63) is 5.82 Å². The molecule has 6 heteroatoms. The number of nitrogens with two attached hydrogens (primary N) is 1. The summed E-state index contributed by atoms with van der Waals surface area (Å²) in [6.45, 7) is 4.92. The minimum absolute atomic E-state index is 0.102. The minimum atomic E-state index is -0.102. The Bertz CT molecular complexity index is 272. The third-order valence-corrected chi connectivity index (χ3v) is 3.16. The van der Waals surface area contributed by atoms with Crippen LogP contribution in [0.3, 0.4) is 0 Å². The van der Waals surface area contributed by atoms with E-state index >= 15 is 0 Å². The van der Waals surface area contributed by atoms with Gasteiger partial charge >= 0.3 is 0 Å². The van der Waals surface area contributed by atoms with Crippen LogP contribution in [0.15, 0.2) is 0 Å². The van der Waals surface area contributed by atoms with E-state index in [9.17, 15) is 0 Å². The molecule has 0 aromatic carbocycles. The van der Waals surface area contributed by atoms with E-state index in [1.807, 2.05) is 18.7 Å². The van der Waals surface area contributed by atoms with Crippen molar-refractivity contribution < 1.29 is 0 Å². The Balaban J connectivity index is 2.54. The quantitative estimate of drug-likeness (QED) is 0.788. The molecule has 14 heavy (non-hydrogen) atoms. The molecule has 0 bridgehead atoms. The van der Waals surface area contributed by atoms with Crippen molar-refractivity contribution in [3.63, 3.8) is 0 Å². The molecular weight excluding hydrogens is 198 g/mol. The number of thioether (sulfide) groups is 1. The molecule has 0 amide bonds. The van der Waals surface area contributed by atoms with E-state index < -0.39 is 0 Å². The van der Waals surface area contributed by atoms with Crippen LogP contribution in [0.4, 0.5) is 0 Å². The summed E-state index contributed by atoms with van der Waals surface area (Å²) in [5.74, 6) is 0.762. The fourth-order valence-electron chi connectivity index (χ4n) is 1.12. The van der Waals surface area contributed by atoms with Gasteiger partial charge in [0, 0.05) is 11.8 Å². The molecule has 1 aromatic heterocycles. The van der Waals surface area contributed by atoms with Gasteiger partial charge in [0.1, 0.15) is 0 Å². The van der Waals surface area contributed by atoms with Gasteiger partial charge in [-0.1, -0.05) is 6.92 Å². The second kappa shape index (κ2) is 5.31. The fourth-order valence-corrected chi connectivity index (χ4v) is 1.46. The van der Waals surface area contributed by atoms with Crippen molar-refractivity contribution in [3.8, 4) is 0 Å². The first kappa shape index (κ1) is 11.5. The number of hydrogen-bond acceptors (Lipinski definition) is 5. The predicted octanol–water partition coefficient (Wildman–Crippen LogP) is 0.834. The lowest BCUT2D eigenvalue weighted by atomic mass is 10.3. The average molecular weight is 215 g/mol. The van der Waals surface area contributed by atoms with E-state index in [4.69, 9.17) is 5.73 Å². The summed E-state index contributed by atoms with van der Waals surface area (Å²) >= 11 is 1.85. The van der Waals surface area contributed by atoms with Crippen LogP contribution >= 0.6 is 11.8 Å². The normalized spacial score (nSPS) is 15.4. The highest BCUT2D eigenvalue weighted by Crippen LogP contribution is 2.12. The van der Waals surface area contributed by atoms with Crippen LogP contribution in [0.5, 0.6) is 0 Å². The number of tetrazole rings is 1. The summed E-state index contributed by atoms with van der Waals surface area (Å²) in [5, 5.41) is 12.0. The van der Waals surface area contributed by atoms with Crippen LogP contribution < -0.4 is 5.73 Å². The molecular formula is C8H17N5S. The first-order chi connectivity index (χ1) is 6.65. The molecule has 0 spiro atoms. The molecule has 0 aliphatic rings. The molecule has 2 N–H and O–H groups in total. The molecule has 0 saturated carbocycles. The number of aryl methyl sites for hydroxylation is 1. The van der Waals surface area contributed by atoms with Gasteiger partial charge in [0.05, 0.1) is 6.04 Å². The maximum Gasteiger partial charge on any atom is 0.167 e. The van der Waals surface area contributed by atoms with Gasteiger partial charge < -0.3 is 5.73 Å². The molecule has 1 aromatic rings. The average Bonchev–Trinajstić information content (AvgIpc) is 2.62. The van der Waals surface area contributed by atoms with Gasteiger partial charge in [0.15, 0.2) is 5.82 Å². The minimum Gasteiger partial charge on any atom is -0.322 e. The van der Waals surface area contributed by atoms with Gasteiger partial charge in [0.25, 0.3) is 0 Å². The van der Waals surface area contributed by atoms with E-state index in [1.165, 1.54) is 0 Å². The summed E-state index contributed by atoms with van der Waals surface area (Å²) in [6, 6.07) is -0.102. The Morgan fingerprint density at radius 1 is 1.50 bits per heavy atom. The topological polar surface area (TPSA) is 69.6 Å². The van der Waals surface area contributed by atoms with E-state index in [2.05, 4.69) is 28.7 Å². The SMILES string of the molecule is CSC(C)CCn1nnnc1C(C)N. The molecule has 0 aliphatic carbocycles. The standard InChI is InChI=1S/C8H17N5S/c1-6(14-3)4-5-13-8(7(2)9)10-11-12-13/h6-7H,4-5,9H2,1-3H3. The molecule has 0 radical (unpaired) electrons. The zero-order valence-corrected chi connectivity index (χ0v) is 9.66. The van der Waals surface area contributed by atoms with Crippen LogP contribution in [0.1, 0.15) is 32.1 Å². The molecule has 1 rings (SSSR count). The summed E-state index contributed by atoms with van der Waals surface area (Å²) in [7, 11) is 0. The van der Waals surface area contributed by atoms with Gasteiger partial charge in [-0.15, -0.1) is 5.10 Å². The molecule has 0 fully saturated rings. The van der Waals surface area contributed by atoms with Gasteiger partial charge in [0.2, 0.25) is 0 Å². The predicted molar refractivity (Wildman–Crippen MR) is 58.0 cm³/mol. The maximum atomic E-state index is 5.73. The second-order valence-corrected chi connectivity index (χ2v) is 4.66. The summed E-state index contributed by atoms with van der Waals surface area (Å²) < 4.78 is 1.79. The Morgan fingerprint density at radius 2 is 2.21 bits per heavy atom. The third-order valence-electron chi connectivity index (χ3n) is 2.12. The lowest BCUT2D eigenvalue weighted by Crippen LogP contribution is -2.16. The Labute approximate surface area is 88.4 Å². The van der Waals surface area contributed by atoms with E-state index in [-0.39, 0.29) is 6.04 Å². The zero-order valence-electron chi connectivity index (χ0n) is 8.84. The van der Waals surface area contributed by atoms with Gasteiger partial charge in [-0.2, -0.15) is 11.8 Å². The van der Waals surface area contributed by atoms with Crippen molar-refractivity contribution >= 4 is 11.8 Å². The monoisotopic (exact) mass is 215 g/mol. The third kappa shape index (κ3) is 2.95. The zero-order chi connectivity index (χ0) is 10.6. The Morgan fingerprint density at radius 3 is 2.79 bits per heavy atom. The highest BCUT2D eigenvalue weighted by molar-refractivity contribution is 7.99. The summed E-state index contributed by atoms with van der Waals surface area (Å²) in [6.07, 6.45) is 3.17. The van der Waals surface area contributed by atoms with Crippen LogP contribution in [0.2, 0.25) is 0 Å². The first-order valence-electron chi connectivity index (χ1n) is 4.69. The number of aromatic nitrogens is 4. The van der Waals surface area contributed by atoms with Crippen LogP contribution in [0.25, 0.3) is 0 Å². The molecule has 0 aliphatic heterocycles. The van der Waals surface area contributed by atoms with E-state index in [1.54, 1.807) is 4.68 Å². The largest absolute Gasteiger partial charge is 0.322 e. The van der Waals surface area contributed by atoms with Gasteiger partial charge in [-0.05, 0) is 30.0 Å². The smallest absolute Gasteiger partial charge is 0.167 e. The van der Waals surface area contributed by atoms with E-state index in [0.29, 0.717) is 5.25 Å². The lowest BCUT2D eigenvalue weighted by molar-refractivity contribution is 0.520. The second-order valence-electron chi connectivity index (χ2n) is 3.38. The molecule has 1 heterocycles. The van der Waals surface area contributed by atoms with Gasteiger partial charge in [-0.25, -0.2) is 4.68 Å².